The first-order chi connectivity index (χ1) is 11.3. The summed E-state index contributed by atoms with van der Waals surface area (Å²) >= 11 is 0. The van der Waals surface area contributed by atoms with Gasteiger partial charge in [-0.1, -0.05) is 41.5 Å². The van der Waals surface area contributed by atoms with Crippen molar-refractivity contribution in [1.29, 1.82) is 0 Å². The van der Waals surface area contributed by atoms with Crippen molar-refractivity contribution < 1.29 is 19.0 Å². The Morgan fingerprint density at radius 2 is 1.64 bits per heavy atom. The lowest BCUT2D eigenvalue weighted by molar-refractivity contribution is -0.297. The van der Waals surface area contributed by atoms with Crippen LogP contribution in [0.1, 0.15) is 67.2 Å². The van der Waals surface area contributed by atoms with Crippen molar-refractivity contribution in [3.05, 3.63) is 0 Å². The average Bonchev–Trinajstić information content (AvgIpc) is 2.97. The van der Waals surface area contributed by atoms with E-state index in [9.17, 15) is 5.11 Å². The maximum atomic E-state index is 11.2. The number of hydrogen-bond donors (Lipinski definition) is 1. The van der Waals surface area contributed by atoms with Gasteiger partial charge in [0.05, 0.1) is 19.3 Å². The fourth-order valence-electron chi connectivity index (χ4n) is 4.24. The Balaban J connectivity index is 1.94. The van der Waals surface area contributed by atoms with Gasteiger partial charge in [0.25, 0.3) is 0 Å². The van der Waals surface area contributed by atoms with Gasteiger partial charge in [0.2, 0.25) is 0 Å². The molecule has 1 aliphatic heterocycles. The highest BCUT2D eigenvalue weighted by atomic mass is 28.4. The Morgan fingerprint density at radius 3 is 2.16 bits per heavy atom. The number of ether oxygens (including phenoxy) is 2. The highest BCUT2D eigenvalue weighted by Crippen LogP contribution is 2.56. The standard InChI is InChI=1S/C20H40O4Si/c1-17(2,3)25(7,8)24-13-9-10-19(6)11-12-20(22-14-15-23-20)18(4,5)16(19)21/h16,21H,9-15H2,1-8H3. The summed E-state index contributed by atoms with van der Waals surface area (Å²) in [5, 5.41) is 11.4. The minimum atomic E-state index is -1.69. The van der Waals surface area contributed by atoms with Gasteiger partial charge in [-0.2, -0.15) is 0 Å². The molecule has 5 heteroatoms. The van der Waals surface area contributed by atoms with Gasteiger partial charge in [0.15, 0.2) is 14.1 Å². The Bertz CT molecular complexity index is 463. The Kier molecular flexibility index (Phi) is 5.89. The molecule has 2 unspecified atom stereocenters. The molecule has 1 N–H and O–H groups in total. The third kappa shape index (κ3) is 3.86. The zero-order chi connectivity index (χ0) is 19.1. The molecular weight excluding hydrogens is 332 g/mol. The Hall–Kier alpha value is 0.0569. The summed E-state index contributed by atoms with van der Waals surface area (Å²) < 4.78 is 18.3. The first kappa shape index (κ1) is 21.4. The second-order valence-electron chi connectivity index (χ2n) is 10.4. The van der Waals surface area contributed by atoms with E-state index in [0.29, 0.717) is 13.2 Å². The van der Waals surface area contributed by atoms with Crippen LogP contribution in [0, 0.1) is 10.8 Å². The van der Waals surface area contributed by atoms with Gasteiger partial charge in [0, 0.05) is 18.4 Å². The molecule has 1 spiro atoms. The second kappa shape index (κ2) is 6.90. The van der Waals surface area contributed by atoms with Crippen LogP contribution in [0.5, 0.6) is 0 Å². The summed E-state index contributed by atoms with van der Waals surface area (Å²) in [6.07, 6.45) is 3.31. The van der Waals surface area contributed by atoms with Gasteiger partial charge in [-0.25, -0.2) is 0 Å². The van der Waals surface area contributed by atoms with E-state index in [1.165, 1.54) is 0 Å². The van der Waals surface area contributed by atoms with Gasteiger partial charge in [-0.05, 0) is 42.8 Å². The van der Waals surface area contributed by atoms with E-state index < -0.39 is 25.6 Å². The van der Waals surface area contributed by atoms with E-state index in [-0.39, 0.29) is 10.5 Å². The molecule has 0 aromatic heterocycles. The third-order valence-electron chi connectivity index (χ3n) is 7.27. The molecule has 1 aliphatic carbocycles. The topological polar surface area (TPSA) is 47.9 Å². The zero-order valence-electron chi connectivity index (χ0n) is 17.7. The molecular formula is C20H40O4Si. The number of hydrogen-bond acceptors (Lipinski definition) is 4. The molecule has 0 aromatic rings. The van der Waals surface area contributed by atoms with Crippen LogP contribution in [0.15, 0.2) is 0 Å². The molecule has 0 aromatic carbocycles. The fourth-order valence-corrected chi connectivity index (χ4v) is 5.33. The van der Waals surface area contributed by atoms with Crippen molar-refractivity contribution in [2.24, 2.45) is 10.8 Å². The van der Waals surface area contributed by atoms with Crippen LogP contribution >= 0.6 is 0 Å². The molecule has 1 heterocycles. The Labute approximate surface area is 155 Å². The molecule has 25 heavy (non-hydrogen) atoms. The first-order valence-corrected chi connectivity index (χ1v) is 12.8. The average molecular weight is 373 g/mol. The quantitative estimate of drug-likeness (QED) is 0.560. The normalized spacial score (nSPS) is 32.3. The highest BCUT2D eigenvalue weighted by molar-refractivity contribution is 6.74. The molecule has 2 fully saturated rings. The molecule has 2 atom stereocenters. The predicted molar refractivity (Wildman–Crippen MR) is 104 cm³/mol. The molecule has 0 bridgehead atoms. The van der Waals surface area contributed by atoms with Gasteiger partial charge in [-0.15, -0.1) is 0 Å². The smallest absolute Gasteiger partial charge is 0.191 e. The van der Waals surface area contributed by atoms with Crippen LogP contribution in [0.25, 0.3) is 0 Å². The van der Waals surface area contributed by atoms with Crippen molar-refractivity contribution in [1.82, 2.24) is 0 Å². The maximum Gasteiger partial charge on any atom is 0.191 e. The zero-order valence-corrected chi connectivity index (χ0v) is 18.7. The van der Waals surface area contributed by atoms with Crippen LogP contribution in [0.3, 0.4) is 0 Å². The SMILES string of the molecule is CC1(CCCO[Si](C)(C)C(C)(C)C)CCC2(OCCO2)C(C)(C)C1O. The van der Waals surface area contributed by atoms with Gasteiger partial charge < -0.3 is 19.0 Å². The van der Waals surface area contributed by atoms with Crippen molar-refractivity contribution in [3.63, 3.8) is 0 Å². The molecule has 1 saturated carbocycles. The summed E-state index contributed by atoms with van der Waals surface area (Å²) in [4.78, 5) is 0. The van der Waals surface area contributed by atoms with Crippen molar-refractivity contribution >= 4 is 8.32 Å². The molecule has 4 nitrogen and oxygen atoms in total. The lowest BCUT2D eigenvalue weighted by atomic mass is 9.57. The lowest BCUT2D eigenvalue weighted by Gasteiger charge is -2.56. The van der Waals surface area contributed by atoms with Crippen molar-refractivity contribution in [2.45, 2.75) is 97.2 Å². The van der Waals surface area contributed by atoms with Crippen LogP contribution in [-0.4, -0.2) is 45.1 Å². The van der Waals surface area contributed by atoms with Crippen LogP contribution < -0.4 is 0 Å². The predicted octanol–water partition coefficient (Wildman–Crippen LogP) is 4.72. The summed E-state index contributed by atoms with van der Waals surface area (Å²) in [5.41, 5.74) is -0.516. The van der Waals surface area contributed by atoms with Gasteiger partial charge in [-0.3, -0.25) is 0 Å². The van der Waals surface area contributed by atoms with Gasteiger partial charge >= 0.3 is 0 Å². The summed E-state index contributed by atoms with van der Waals surface area (Å²) in [6, 6.07) is 0. The van der Waals surface area contributed by atoms with Crippen molar-refractivity contribution in [3.8, 4) is 0 Å². The molecule has 0 radical (unpaired) electrons. The minimum Gasteiger partial charge on any atom is -0.417 e. The van der Waals surface area contributed by atoms with Crippen LogP contribution in [0.4, 0.5) is 0 Å². The van der Waals surface area contributed by atoms with E-state index in [1.54, 1.807) is 0 Å². The first-order valence-electron chi connectivity index (χ1n) is 9.87. The summed E-state index contributed by atoms with van der Waals surface area (Å²) in [6.45, 7) is 19.9. The van der Waals surface area contributed by atoms with E-state index in [1.807, 2.05) is 0 Å². The number of rotatable bonds is 5. The maximum absolute atomic E-state index is 11.2. The Morgan fingerprint density at radius 1 is 1.08 bits per heavy atom. The fraction of sp³-hybridized carbons (Fsp3) is 1.00. The van der Waals surface area contributed by atoms with E-state index in [4.69, 9.17) is 13.9 Å². The third-order valence-corrected chi connectivity index (χ3v) is 11.8. The van der Waals surface area contributed by atoms with E-state index in [2.05, 4.69) is 54.6 Å². The summed E-state index contributed by atoms with van der Waals surface area (Å²) in [7, 11) is -1.69. The second-order valence-corrected chi connectivity index (χ2v) is 15.2. The largest absolute Gasteiger partial charge is 0.417 e. The van der Waals surface area contributed by atoms with Gasteiger partial charge in [0.1, 0.15) is 0 Å². The highest BCUT2D eigenvalue weighted by Gasteiger charge is 2.61. The number of aliphatic hydroxyl groups is 1. The monoisotopic (exact) mass is 372 g/mol. The minimum absolute atomic E-state index is 0.110. The van der Waals surface area contributed by atoms with Crippen molar-refractivity contribution in [2.75, 3.05) is 19.8 Å². The molecule has 0 amide bonds. The van der Waals surface area contributed by atoms with Crippen LogP contribution in [0.2, 0.25) is 18.1 Å². The van der Waals surface area contributed by atoms with Crippen LogP contribution in [-0.2, 0) is 13.9 Å². The lowest BCUT2D eigenvalue weighted by Crippen LogP contribution is -2.61. The molecule has 148 valence electrons. The number of aliphatic hydroxyl groups excluding tert-OH is 1. The summed E-state index contributed by atoms with van der Waals surface area (Å²) in [5.74, 6) is -0.608. The molecule has 2 aliphatic rings. The molecule has 2 rings (SSSR count). The molecule has 1 saturated heterocycles. The van der Waals surface area contributed by atoms with E-state index >= 15 is 0 Å². The van der Waals surface area contributed by atoms with E-state index in [0.717, 1.165) is 32.3 Å².